The summed E-state index contributed by atoms with van der Waals surface area (Å²) in [5, 5.41) is 2.84. The minimum absolute atomic E-state index is 0.153. The Kier molecular flexibility index (Phi) is 4.18. The second-order valence-electron chi connectivity index (χ2n) is 4.97. The number of anilines is 1. The molecule has 0 aliphatic rings. The number of hydrogen-bond donors (Lipinski definition) is 1. The van der Waals surface area contributed by atoms with Gasteiger partial charge in [-0.2, -0.15) is 17.5 Å². The van der Waals surface area contributed by atoms with E-state index in [4.69, 9.17) is 11.6 Å². The number of amides is 1. The van der Waals surface area contributed by atoms with Crippen molar-refractivity contribution in [2.75, 3.05) is 5.32 Å². The van der Waals surface area contributed by atoms with Crippen LogP contribution >= 0.6 is 23.1 Å². The van der Waals surface area contributed by atoms with Crippen molar-refractivity contribution < 1.29 is 18.0 Å². The van der Waals surface area contributed by atoms with Crippen LogP contribution in [0.1, 0.15) is 21.6 Å². The Morgan fingerprint density at radius 1 is 1.25 bits per heavy atom. The van der Waals surface area contributed by atoms with E-state index in [9.17, 15) is 18.0 Å². The lowest BCUT2D eigenvalue weighted by atomic mass is 10.1. The molecule has 0 spiro atoms. The predicted octanol–water partition coefficient (Wildman–Crippen LogP) is 4.92. The first-order chi connectivity index (χ1) is 11.3. The maximum atomic E-state index is 12.6. The van der Waals surface area contributed by atoms with Gasteiger partial charge in [-0.3, -0.25) is 4.79 Å². The van der Waals surface area contributed by atoms with Crippen LogP contribution < -0.4 is 5.32 Å². The number of benzene rings is 1. The monoisotopic (exact) mass is 371 g/mol. The Balaban J connectivity index is 1.92. The first-order valence-corrected chi connectivity index (χ1v) is 7.82. The number of rotatable bonds is 2. The molecule has 3 rings (SSSR count). The molecule has 0 unspecified atom stereocenters. The first-order valence-electron chi connectivity index (χ1n) is 6.67. The summed E-state index contributed by atoms with van der Waals surface area (Å²) in [5.74, 6) is -0.328. The van der Waals surface area contributed by atoms with Crippen molar-refractivity contribution in [1.29, 1.82) is 0 Å². The normalized spacial score (nSPS) is 11.7. The van der Waals surface area contributed by atoms with E-state index < -0.39 is 22.9 Å². The quantitative estimate of drug-likeness (QED) is 0.650. The largest absolute Gasteiger partial charge is 0.433 e. The first kappa shape index (κ1) is 16.7. The molecule has 0 radical (unpaired) electrons. The predicted molar refractivity (Wildman–Crippen MR) is 86.6 cm³/mol. The summed E-state index contributed by atoms with van der Waals surface area (Å²) in [6.45, 7) is 1.87. The zero-order valence-corrected chi connectivity index (χ0v) is 13.7. The fraction of sp³-hybridized carbons (Fsp3) is 0.133. The summed E-state index contributed by atoms with van der Waals surface area (Å²) in [6.07, 6.45) is -4.62. The third-order valence-corrected chi connectivity index (χ3v) is 4.42. The molecule has 24 heavy (non-hydrogen) atoms. The number of hydrogen-bond acceptors (Lipinski definition) is 4. The molecule has 0 aliphatic carbocycles. The van der Waals surface area contributed by atoms with E-state index in [2.05, 4.69) is 14.7 Å². The molecule has 0 saturated heterocycles. The molecule has 0 aliphatic heterocycles. The summed E-state index contributed by atoms with van der Waals surface area (Å²) in [5.41, 5.74) is -0.383. The smallest absolute Gasteiger partial charge is 0.305 e. The lowest BCUT2D eigenvalue weighted by Gasteiger charge is -2.09. The average Bonchev–Trinajstić information content (AvgIpc) is 2.90. The topological polar surface area (TPSA) is 54.9 Å². The van der Waals surface area contributed by atoms with Crippen LogP contribution in [0.3, 0.4) is 0 Å². The van der Waals surface area contributed by atoms with Gasteiger partial charge in [0.15, 0.2) is 5.82 Å². The molecule has 0 atom stereocenters. The summed E-state index contributed by atoms with van der Waals surface area (Å²) < 4.78 is 42.8. The number of pyridine rings is 1. The minimum Gasteiger partial charge on any atom is -0.305 e. The number of nitrogens with one attached hydrogen (secondary N) is 1. The number of carbonyl (C=O) groups is 1. The van der Waals surface area contributed by atoms with Gasteiger partial charge in [0, 0.05) is 5.39 Å². The van der Waals surface area contributed by atoms with Crippen molar-refractivity contribution in [2.45, 2.75) is 13.1 Å². The SMILES string of the molecule is Cc1cccc2snc(NC(=O)c3ccc(C(F)(F)F)nc3Cl)c12. The maximum Gasteiger partial charge on any atom is 0.433 e. The molecule has 0 fully saturated rings. The fourth-order valence-corrected chi connectivity index (χ4v) is 3.24. The third-order valence-electron chi connectivity index (χ3n) is 3.32. The van der Waals surface area contributed by atoms with Crippen molar-refractivity contribution >= 4 is 44.9 Å². The number of aryl methyl sites for hydroxylation is 1. The molecule has 0 saturated carbocycles. The zero-order valence-electron chi connectivity index (χ0n) is 12.1. The van der Waals surface area contributed by atoms with Crippen LogP contribution in [-0.4, -0.2) is 15.3 Å². The lowest BCUT2D eigenvalue weighted by Crippen LogP contribution is -2.15. The van der Waals surface area contributed by atoms with Crippen LogP contribution in [0.4, 0.5) is 19.0 Å². The zero-order chi connectivity index (χ0) is 17.5. The molecule has 1 amide bonds. The highest BCUT2D eigenvalue weighted by Crippen LogP contribution is 2.31. The Hall–Kier alpha value is -2.19. The minimum atomic E-state index is -4.62. The van der Waals surface area contributed by atoms with Crippen molar-refractivity contribution in [3.8, 4) is 0 Å². The van der Waals surface area contributed by atoms with Gasteiger partial charge in [-0.1, -0.05) is 23.7 Å². The van der Waals surface area contributed by atoms with Gasteiger partial charge in [0.05, 0.1) is 10.3 Å². The van der Waals surface area contributed by atoms with Crippen LogP contribution in [0.5, 0.6) is 0 Å². The van der Waals surface area contributed by atoms with Gasteiger partial charge in [0.2, 0.25) is 0 Å². The Bertz CT molecular complexity index is 939. The van der Waals surface area contributed by atoms with Crippen LogP contribution in [-0.2, 0) is 6.18 Å². The van der Waals surface area contributed by atoms with Crippen LogP contribution in [0.25, 0.3) is 10.1 Å². The Morgan fingerprint density at radius 3 is 2.67 bits per heavy atom. The van der Waals surface area contributed by atoms with Crippen molar-refractivity contribution in [1.82, 2.24) is 9.36 Å². The van der Waals surface area contributed by atoms with Crippen molar-refractivity contribution in [3.05, 3.63) is 52.3 Å². The van der Waals surface area contributed by atoms with Gasteiger partial charge in [-0.25, -0.2) is 4.98 Å². The number of nitrogens with zero attached hydrogens (tertiary/aromatic N) is 2. The molecule has 4 nitrogen and oxygen atoms in total. The van der Waals surface area contributed by atoms with Gasteiger partial charge in [0.25, 0.3) is 5.91 Å². The van der Waals surface area contributed by atoms with Crippen LogP contribution in [0.2, 0.25) is 5.15 Å². The fourth-order valence-electron chi connectivity index (χ4n) is 2.18. The molecule has 124 valence electrons. The second kappa shape index (κ2) is 6.03. The van der Waals surface area contributed by atoms with E-state index in [1.807, 2.05) is 25.1 Å². The summed E-state index contributed by atoms with van der Waals surface area (Å²) in [7, 11) is 0. The van der Waals surface area contributed by atoms with Gasteiger partial charge >= 0.3 is 6.18 Å². The summed E-state index contributed by atoms with van der Waals surface area (Å²) >= 11 is 6.94. The molecular weight excluding hydrogens is 363 g/mol. The van der Waals surface area contributed by atoms with E-state index >= 15 is 0 Å². The molecular formula is C15H9ClF3N3OS. The number of fused-ring (bicyclic) bond motifs is 1. The number of carbonyl (C=O) groups excluding carboxylic acids is 1. The summed E-state index contributed by atoms with van der Waals surface area (Å²) in [6, 6.07) is 7.32. The van der Waals surface area contributed by atoms with Gasteiger partial charge in [-0.15, -0.1) is 0 Å². The van der Waals surface area contributed by atoms with Crippen molar-refractivity contribution in [3.63, 3.8) is 0 Å². The van der Waals surface area contributed by atoms with E-state index in [-0.39, 0.29) is 5.56 Å². The van der Waals surface area contributed by atoms with E-state index in [0.717, 1.165) is 21.7 Å². The third kappa shape index (κ3) is 3.07. The van der Waals surface area contributed by atoms with Crippen LogP contribution in [0.15, 0.2) is 30.3 Å². The Morgan fingerprint density at radius 2 is 2.00 bits per heavy atom. The van der Waals surface area contributed by atoms with Crippen molar-refractivity contribution in [2.24, 2.45) is 0 Å². The molecule has 9 heteroatoms. The molecule has 1 N–H and O–H groups in total. The van der Waals surface area contributed by atoms with Gasteiger partial charge in [0.1, 0.15) is 10.8 Å². The average molecular weight is 372 g/mol. The number of aromatic nitrogens is 2. The molecule has 3 aromatic rings. The second-order valence-corrected chi connectivity index (χ2v) is 6.13. The molecule has 1 aromatic carbocycles. The highest BCUT2D eigenvalue weighted by Gasteiger charge is 2.33. The van der Waals surface area contributed by atoms with E-state index in [1.165, 1.54) is 11.5 Å². The van der Waals surface area contributed by atoms with E-state index in [0.29, 0.717) is 11.9 Å². The highest BCUT2D eigenvalue weighted by atomic mass is 35.5. The van der Waals surface area contributed by atoms with E-state index in [1.54, 1.807) is 0 Å². The summed E-state index contributed by atoms with van der Waals surface area (Å²) in [4.78, 5) is 15.5. The molecule has 2 aromatic heterocycles. The number of halogens is 4. The number of alkyl halides is 3. The lowest BCUT2D eigenvalue weighted by molar-refractivity contribution is -0.141. The maximum absolute atomic E-state index is 12.6. The van der Waals surface area contributed by atoms with Gasteiger partial charge in [-0.05, 0) is 42.2 Å². The van der Waals surface area contributed by atoms with Crippen LogP contribution in [0, 0.1) is 6.92 Å². The molecule has 2 heterocycles. The molecule has 0 bridgehead atoms. The Labute approximate surface area is 143 Å². The standard InChI is InChI=1S/C15H9ClF3N3OS/c1-7-3-2-4-9-11(7)13(22-24-9)21-14(23)8-5-6-10(15(17,18)19)20-12(8)16/h2-6H,1H3,(H,21,22,23). The van der Waals surface area contributed by atoms with Gasteiger partial charge < -0.3 is 5.32 Å². The highest BCUT2D eigenvalue weighted by molar-refractivity contribution is 7.13.